The number of aliphatic imine (C=N–C) groups is 1. The quantitative estimate of drug-likeness (QED) is 0.236. The number of aromatic nitrogens is 1. The van der Waals surface area contributed by atoms with Gasteiger partial charge in [0, 0.05) is 70.7 Å². The van der Waals surface area contributed by atoms with E-state index in [0.717, 1.165) is 70.9 Å². The number of piperazine rings is 1. The summed E-state index contributed by atoms with van der Waals surface area (Å²) in [6, 6.07) is 16.7. The number of nitrogens with two attached hydrogens (primary N) is 1. The fourth-order valence-corrected chi connectivity index (χ4v) is 3.43. The maximum Gasteiger partial charge on any atom is 0.188 e. The zero-order chi connectivity index (χ0) is 19.4. The van der Waals surface area contributed by atoms with Crippen LogP contribution in [0.25, 0.3) is 0 Å². The number of nitrogens with one attached hydrogen (secondary N) is 1. The van der Waals surface area contributed by atoms with Crippen LogP contribution in [0.4, 0.5) is 0 Å². The van der Waals surface area contributed by atoms with Crippen LogP contribution in [0, 0.1) is 0 Å². The standard InChI is InChI=1S/C22H32N6.HI/c23-22(26-13-10-21-9-4-5-11-24-21)25-12-6-14-27-15-17-28(18-16-27)19-20-7-2-1-3-8-20;/h1-5,7-9,11H,6,10,12-19H2,(H3,23,25,26);1H. The number of pyridine rings is 1. The molecule has 0 bridgehead atoms. The summed E-state index contributed by atoms with van der Waals surface area (Å²) in [4.78, 5) is 13.8. The van der Waals surface area contributed by atoms with Crippen molar-refractivity contribution >= 4 is 29.9 Å². The Morgan fingerprint density at radius 1 is 1.00 bits per heavy atom. The van der Waals surface area contributed by atoms with E-state index in [-0.39, 0.29) is 24.0 Å². The maximum atomic E-state index is 5.95. The van der Waals surface area contributed by atoms with Crippen molar-refractivity contribution in [2.24, 2.45) is 10.7 Å². The fraction of sp³-hybridized carbons (Fsp3) is 0.455. The highest BCUT2D eigenvalue weighted by Gasteiger charge is 2.16. The lowest BCUT2D eigenvalue weighted by atomic mass is 10.2. The van der Waals surface area contributed by atoms with E-state index in [1.807, 2.05) is 24.4 Å². The van der Waals surface area contributed by atoms with Crippen LogP contribution < -0.4 is 11.1 Å². The molecule has 158 valence electrons. The first-order chi connectivity index (χ1) is 13.8. The molecule has 1 aliphatic heterocycles. The number of rotatable bonds is 9. The largest absolute Gasteiger partial charge is 0.370 e. The Kier molecular flexibility index (Phi) is 11.0. The van der Waals surface area contributed by atoms with Crippen LogP contribution in [0.15, 0.2) is 59.7 Å². The van der Waals surface area contributed by atoms with Gasteiger partial charge in [-0.05, 0) is 24.1 Å². The van der Waals surface area contributed by atoms with Crippen LogP contribution in [0.2, 0.25) is 0 Å². The molecule has 1 aliphatic rings. The fourth-order valence-electron chi connectivity index (χ4n) is 3.43. The molecule has 2 heterocycles. The number of hydrogen-bond acceptors (Lipinski definition) is 4. The van der Waals surface area contributed by atoms with Gasteiger partial charge in [-0.3, -0.25) is 14.9 Å². The van der Waals surface area contributed by atoms with Crippen LogP contribution in [-0.4, -0.2) is 66.6 Å². The molecule has 2 aromatic rings. The summed E-state index contributed by atoms with van der Waals surface area (Å²) < 4.78 is 0. The molecule has 1 fully saturated rings. The van der Waals surface area contributed by atoms with Gasteiger partial charge < -0.3 is 16.0 Å². The van der Waals surface area contributed by atoms with Gasteiger partial charge in [0.25, 0.3) is 0 Å². The molecule has 1 aromatic carbocycles. The highest BCUT2D eigenvalue weighted by molar-refractivity contribution is 14.0. The van der Waals surface area contributed by atoms with Crippen LogP contribution in [0.3, 0.4) is 0 Å². The van der Waals surface area contributed by atoms with Crippen LogP contribution in [0.5, 0.6) is 0 Å². The van der Waals surface area contributed by atoms with Crippen molar-refractivity contribution in [2.75, 3.05) is 45.8 Å². The molecule has 3 rings (SSSR count). The molecular weight excluding hydrogens is 475 g/mol. The third-order valence-electron chi connectivity index (χ3n) is 5.04. The van der Waals surface area contributed by atoms with Crippen LogP contribution >= 0.6 is 24.0 Å². The van der Waals surface area contributed by atoms with E-state index >= 15 is 0 Å². The summed E-state index contributed by atoms with van der Waals surface area (Å²) in [6.45, 7) is 8.21. The highest BCUT2D eigenvalue weighted by Crippen LogP contribution is 2.08. The number of guanidine groups is 1. The van der Waals surface area contributed by atoms with Crippen molar-refractivity contribution in [1.29, 1.82) is 0 Å². The topological polar surface area (TPSA) is 69.8 Å². The molecule has 0 atom stereocenters. The average molecular weight is 508 g/mol. The molecule has 0 radical (unpaired) electrons. The molecule has 29 heavy (non-hydrogen) atoms. The van der Waals surface area contributed by atoms with Gasteiger partial charge >= 0.3 is 0 Å². The predicted octanol–water partition coefficient (Wildman–Crippen LogP) is 2.35. The smallest absolute Gasteiger partial charge is 0.188 e. The predicted molar refractivity (Wildman–Crippen MR) is 131 cm³/mol. The second-order valence-corrected chi connectivity index (χ2v) is 7.22. The van der Waals surface area contributed by atoms with Crippen molar-refractivity contribution in [1.82, 2.24) is 20.1 Å². The third kappa shape index (κ3) is 9.10. The third-order valence-corrected chi connectivity index (χ3v) is 5.04. The Bertz CT molecular complexity index is 702. The maximum absolute atomic E-state index is 5.95. The summed E-state index contributed by atoms with van der Waals surface area (Å²) in [5.74, 6) is 0.531. The SMILES string of the molecule is I.NC(=NCCCN1CCN(Cc2ccccc2)CC1)NCCc1ccccn1. The molecule has 7 heteroatoms. The lowest BCUT2D eigenvalue weighted by Crippen LogP contribution is -2.46. The number of nitrogens with zero attached hydrogens (tertiary/aromatic N) is 4. The molecule has 6 nitrogen and oxygen atoms in total. The zero-order valence-electron chi connectivity index (χ0n) is 17.0. The van der Waals surface area contributed by atoms with Crippen molar-refractivity contribution < 1.29 is 0 Å². The summed E-state index contributed by atoms with van der Waals surface area (Å²) >= 11 is 0. The van der Waals surface area contributed by atoms with Gasteiger partial charge in [0.15, 0.2) is 5.96 Å². The minimum atomic E-state index is 0. The van der Waals surface area contributed by atoms with Crippen molar-refractivity contribution in [2.45, 2.75) is 19.4 Å². The molecule has 1 saturated heterocycles. The summed E-state index contributed by atoms with van der Waals surface area (Å²) in [6.07, 6.45) is 3.71. The second-order valence-electron chi connectivity index (χ2n) is 7.22. The van der Waals surface area contributed by atoms with E-state index in [9.17, 15) is 0 Å². The first kappa shape index (κ1) is 23.6. The van der Waals surface area contributed by atoms with E-state index in [0.29, 0.717) is 5.96 Å². The van der Waals surface area contributed by atoms with E-state index in [1.54, 1.807) is 0 Å². The van der Waals surface area contributed by atoms with Gasteiger partial charge in [-0.15, -0.1) is 24.0 Å². The van der Waals surface area contributed by atoms with E-state index in [1.165, 1.54) is 5.56 Å². The van der Waals surface area contributed by atoms with Gasteiger partial charge in [-0.25, -0.2) is 0 Å². The highest BCUT2D eigenvalue weighted by atomic mass is 127. The van der Waals surface area contributed by atoms with Gasteiger partial charge in [-0.2, -0.15) is 0 Å². The Morgan fingerprint density at radius 3 is 2.45 bits per heavy atom. The number of benzene rings is 1. The Hall–Kier alpha value is -1.71. The van der Waals surface area contributed by atoms with E-state index in [4.69, 9.17) is 5.73 Å². The summed E-state index contributed by atoms with van der Waals surface area (Å²) in [5.41, 5.74) is 8.41. The Morgan fingerprint density at radius 2 is 1.72 bits per heavy atom. The first-order valence-corrected chi connectivity index (χ1v) is 10.2. The number of halogens is 1. The summed E-state index contributed by atoms with van der Waals surface area (Å²) in [7, 11) is 0. The molecular formula is C22H33IN6. The van der Waals surface area contributed by atoms with Gasteiger partial charge in [0.2, 0.25) is 0 Å². The lowest BCUT2D eigenvalue weighted by Gasteiger charge is -2.34. The van der Waals surface area contributed by atoms with E-state index < -0.39 is 0 Å². The van der Waals surface area contributed by atoms with Gasteiger partial charge in [-0.1, -0.05) is 36.4 Å². The average Bonchev–Trinajstić information content (AvgIpc) is 2.74. The minimum absolute atomic E-state index is 0. The van der Waals surface area contributed by atoms with Crippen molar-refractivity contribution in [3.8, 4) is 0 Å². The second kappa shape index (κ2) is 13.5. The molecule has 0 saturated carbocycles. The number of hydrogen-bond donors (Lipinski definition) is 2. The van der Waals surface area contributed by atoms with Crippen LogP contribution in [-0.2, 0) is 13.0 Å². The Labute approximate surface area is 191 Å². The van der Waals surface area contributed by atoms with Gasteiger partial charge in [0.1, 0.15) is 0 Å². The lowest BCUT2D eigenvalue weighted by molar-refractivity contribution is 0.127. The molecule has 0 aliphatic carbocycles. The Balaban J connectivity index is 0.00000300. The van der Waals surface area contributed by atoms with Crippen molar-refractivity contribution in [3.63, 3.8) is 0 Å². The monoisotopic (exact) mass is 508 g/mol. The molecule has 3 N–H and O–H groups in total. The van der Waals surface area contributed by atoms with Gasteiger partial charge in [0.05, 0.1) is 0 Å². The molecule has 0 amide bonds. The van der Waals surface area contributed by atoms with Crippen LogP contribution in [0.1, 0.15) is 17.7 Å². The van der Waals surface area contributed by atoms with E-state index in [2.05, 4.69) is 55.4 Å². The summed E-state index contributed by atoms with van der Waals surface area (Å²) in [5, 5.41) is 3.17. The molecule has 0 unspecified atom stereocenters. The minimum Gasteiger partial charge on any atom is -0.370 e. The molecule has 0 spiro atoms. The molecule has 1 aromatic heterocycles. The normalized spacial score (nSPS) is 15.7. The first-order valence-electron chi connectivity index (χ1n) is 10.2. The zero-order valence-corrected chi connectivity index (χ0v) is 19.4. The van der Waals surface area contributed by atoms with Crippen molar-refractivity contribution in [3.05, 3.63) is 66.0 Å².